The van der Waals surface area contributed by atoms with Crippen LogP contribution in [0, 0.1) is 0 Å². The summed E-state index contributed by atoms with van der Waals surface area (Å²) in [6.45, 7) is 0. The predicted octanol–water partition coefficient (Wildman–Crippen LogP) is 3.13. The average molecular weight is 283 g/mol. The first-order chi connectivity index (χ1) is 8.16. The van der Waals surface area contributed by atoms with E-state index in [-0.39, 0.29) is 23.6 Å². The van der Waals surface area contributed by atoms with E-state index in [2.05, 4.69) is 0 Å². The van der Waals surface area contributed by atoms with Crippen molar-refractivity contribution < 1.29 is 14.3 Å². The minimum atomic E-state index is -1.24. The average Bonchev–Trinajstić information content (AvgIpc) is 2.68. The van der Waals surface area contributed by atoms with Crippen LogP contribution in [0.4, 0.5) is 0 Å². The lowest BCUT2D eigenvalue weighted by Crippen LogP contribution is -2.04. The van der Waals surface area contributed by atoms with Crippen LogP contribution in [0.3, 0.4) is 0 Å². The Labute approximate surface area is 111 Å². The summed E-state index contributed by atoms with van der Waals surface area (Å²) in [7, 11) is 0. The second-order valence-corrected chi connectivity index (χ2v) is 4.59. The Kier molecular flexibility index (Phi) is 3.11. The molecule has 0 aliphatic carbocycles. The summed E-state index contributed by atoms with van der Waals surface area (Å²) < 4.78 is 6.63. The van der Waals surface area contributed by atoms with Gasteiger partial charge in [-0.15, -0.1) is 23.7 Å². The fraction of sp³-hybridized carbons (Fsp3) is 0. The largest absolute Gasteiger partial charge is 0.475 e. The van der Waals surface area contributed by atoms with Crippen molar-refractivity contribution in [1.29, 1.82) is 0 Å². The standard InChI is InChI=1S/C12H6O4S.ClH/c13-7-5-8(12(14)15)16-10-6-3-1-2-4-9(6)17-11(7)10;/h1-5H,(H,14,15);1H. The molecule has 3 rings (SSSR count). The van der Waals surface area contributed by atoms with E-state index in [9.17, 15) is 9.59 Å². The van der Waals surface area contributed by atoms with Gasteiger partial charge in [0.1, 0.15) is 4.70 Å². The number of fused-ring (bicyclic) bond motifs is 3. The summed E-state index contributed by atoms with van der Waals surface area (Å²) >= 11 is 1.31. The van der Waals surface area contributed by atoms with E-state index in [1.807, 2.05) is 24.3 Å². The molecular weight excluding hydrogens is 276 g/mol. The van der Waals surface area contributed by atoms with Gasteiger partial charge in [-0.1, -0.05) is 12.1 Å². The Bertz CT molecular complexity index is 803. The van der Waals surface area contributed by atoms with Crippen LogP contribution in [0.15, 0.2) is 39.5 Å². The van der Waals surface area contributed by atoms with Crippen LogP contribution in [0.5, 0.6) is 0 Å². The molecule has 18 heavy (non-hydrogen) atoms. The smallest absolute Gasteiger partial charge is 0.371 e. The Morgan fingerprint density at radius 2 is 2.00 bits per heavy atom. The molecule has 92 valence electrons. The van der Waals surface area contributed by atoms with Gasteiger partial charge in [0.2, 0.25) is 11.2 Å². The molecule has 0 spiro atoms. The molecule has 0 aliphatic heterocycles. The highest BCUT2D eigenvalue weighted by molar-refractivity contribution is 7.25. The highest BCUT2D eigenvalue weighted by Crippen LogP contribution is 2.31. The highest BCUT2D eigenvalue weighted by atomic mass is 35.5. The Morgan fingerprint density at radius 1 is 1.28 bits per heavy atom. The van der Waals surface area contributed by atoms with Crippen molar-refractivity contribution in [3.8, 4) is 0 Å². The molecule has 0 aliphatic rings. The third-order valence-corrected chi connectivity index (χ3v) is 3.63. The van der Waals surface area contributed by atoms with Gasteiger partial charge in [0.15, 0.2) is 5.58 Å². The number of carboxylic acids is 1. The zero-order chi connectivity index (χ0) is 12.0. The van der Waals surface area contributed by atoms with E-state index in [0.717, 1.165) is 16.2 Å². The van der Waals surface area contributed by atoms with Crippen molar-refractivity contribution in [3.05, 3.63) is 46.3 Å². The molecule has 0 radical (unpaired) electrons. The first-order valence-corrected chi connectivity index (χ1v) is 5.67. The zero-order valence-corrected chi connectivity index (χ0v) is 10.5. The molecule has 0 fully saturated rings. The molecule has 0 bridgehead atoms. The van der Waals surface area contributed by atoms with E-state index in [4.69, 9.17) is 9.52 Å². The molecule has 4 nitrogen and oxygen atoms in total. The van der Waals surface area contributed by atoms with Crippen LogP contribution in [-0.2, 0) is 0 Å². The minimum absolute atomic E-state index is 0. The first-order valence-electron chi connectivity index (χ1n) is 4.85. The van der Waals surface area contributed by atoms with Crippen molar-refractivity contribution in [2.75, 3.05) is 0 Å². The van der Waals surface area contributed by atoms with Crippen LogP contribution in [0.1, 0.15) is 10.6 Å². The normalized spacial score (nSPS) is 10.4. The molecule has 0 atom stereocenters. The molecule has 0 saturated carbocycles. The molecular formula is C12H7ClO4S. The van der Waals surface area contributed by atoms with Crippen molar-refractivity contribution in [1.82, 2.24) is 0 Å². The molecule has 6 heteroatoms. The maximum Gasteiger partial charge on any atom is 0.371 e. The van der Waals surface area contributed by atoms with E-state index in [1.165, 1.54) is 11.3 Å². The predicted molar refractivity (Wildman–Crippen MR) is 72.1 cm³/mol. The maximum atomic E-state index is 11.8. The number of benzene rings is 1. The van der Waals surface area contributed by atoms with Gasteiger partial charge in [0.25, 0.3) is 0 Å². The third-order valence-electron chi connectivity index (χ3n) is 2.46. The molecule has 0 unspecified atom stereocenters. The summed E-state index contributed by atoms with van der Waals surface area (Å²) in [5, 5.41) is 9.62. The minimum Gasteiger partial charge on any atom is -0.475 e. The molecule has 1 aromatic carbocycles. The summed E-state index contributed by atoms with van der Waals surface area (Å²) in [6.07, 6.45) is 0. The lowest BCUT2D eigenvalue weighted by Gasteiger charge is -1.94. The van der Waals surface area contributed by atoms with Crippen LogP contribution < -0.4 is 5.43 Å². The maximum absolute atomic E-state index is 11.8. The summed E-state index contributed by atoms with van der Waals surface area (Å²) in [5.74, 6) is -1.56. The van der Waals surface area contributed by atoms with Gasteiger partial charge in [0, 0.05) is 16.2 Å². The van der Waals surface area contributed by atoms with E-state index >= 15 is 0 Å². The van der Waals surface area contributed by atoms with E-state index < -0.39 is 5.97 Å². The summed E-state index contributed by atoms with van der Waals surface area (Å²) in [5.41, 5.74) is 0.0420. The molecule has 0 saturated heterocycles. The topological polar surface area (TPSA) is 67.5 Å². The van der Waals surface area contributed by atoms with E-state index in [1.54, 1.807) is 0 Å². The third kappa shape index (κ3) is 1.77. The van der Waals surface area contributed by atoms with Gasteiger partial charge >= 0.3 is 5.97 Å². The number of rotatable bonds is 1. The SMILES string of the molecule is Cl.O=C(O)c1cc(=O)c2sc3ccccc3c2o1. The summed E-state index contributed by atoms with van der Waals surface area (Å²) in [4.78, 5) is 22.6. The van der Waals surface area contributed by atoms with Gasteiger partial charge in [0.05, 0.1) is 0 Å². The Balaban J connectivity index is 0.00000120. The number of thiophene rings is 1. The second kappa shape index (κ2) is 4.44. The van der Waals surface area contributed by atoms with Crippen LogP contribution in [-0.4, -0.2) is 11.1 Å². The van der Waals surface area contributed by atoms with Crippen LogP contribution in [0.25, 0.3) is 20.4 Å². The van der Waals surface area contributed by atoms with Crippen molar-refractivity contribution in [2.45, 2.75) is 0 Å². The Hall–Kier alpha value is -1.85. The summed E-state index contributed by atoms with van der Waals surface area (Å²) in [6, 6.07) is 8.38. The zero-order valence-electron chi connectivity index (χ0n) is 8.88. The first kappa shape index (κ1) is 12.6. The van der Waals surface area contributed by atoms with E-state index in [0.29, 0.717) is 10.3 Å². The van der Waals surface area contributed by atoms with Gasteiger partial charge in [-0.2, -0.15) is 0 Å². The number of carboxylic acid groups (broad SMARTS) is 1. The van der Waals surface area contributed by atoms with Crippen molar-refractivity contribution in [2.24, 2.45) is 0 Å². The Morgan fingerprint density at radius 3 is 2.72 bits per heavy atom. The van der Waals surface area contributed by atoms with Gasteiger partial charge in [-0.05, 0) is 12.1 Å². The van der Waals surface area contributed by atoms with Crippen molar-refractivity contribution >= 4 is 50.1 Å². The fourth-order valence-electron chi connectivity index (χ4n) is 1.71. The quantitative estimate of drug-likeness (QED) is 0.744. The monoisotopic (exact) mass is 282 g/mol. The second-order valence-electron chi connectivity index (χ2n) is 3.54. The van der Waals surface area contributed by atoms with Gasteiger partial charge in [-0.25, -0.2) is 4.79 Å². The van der Waals surface area contributed by atoms with Gasteiger partial charge < -0.3 is 9.52 Å². The molecule has 1 N–H and O–H groups in total. The highest BCUT2D eigenvalue weighted by Gasteiger charge is 2.14. The molecule has 2 aromatic heterocycles. The number of aromatic carboxylic acids is 1. The van der Waals surface area contributed by atoms with Crippen LogP contribution >= 0.6 is 23.7 Å². The number of hydrogen-bond donors (Lipinski definition) is 1. The lowest BCUT2D eigenvalue weighted by atomic mass is 10.2. The molecule has 3 aromatic rings. The number of hydrogen-bond acceptors (Lipinski definition) is 4. The van der Waals surface area contributed by atoms with Gasteiger partial charge in [-0.3, -0.25) is 4.79 Å². The lowest BCUT2D eigenvalue weighted by molar-refractivity contribution is 0.0663. The number of carbonyl (C=O) groups is 1. The fourth-order valence-corrected chi connectivity index (χ4v) is 2.76. The number of halogens is 1. The van der Waals surface area contributed by atoms with Crippen LogP contribution in [0.2, 0.25) is 0 Å². The molecule has 0 amide bonds. The van der Waals surface area contributed by atoms with Crippen molar-refractivity contribution in [3.63, 3.8) is 0 Å². The molecule has 2 heterocycles.